The van der Waals surface area contributed by atoms with Crippen LogP contribution in [0.1, 0.15) is 37.7 Å². The third-order valence-corrected chi connectivity index (χ3v) is 5.26. The first-order chi connectivity index (χ1) is 9.72. The largest absolute Gasteiger partial charge is 0.495 e. The van der Waals surface area contributed by atoms with Crippen molar-refractivity contribution >= 4 is 15.9 Å². The zero-order valence-corrected chi connectivity index (χ0v) is 13.3. The summed E-state index contributed by atoms with van der Waals surface area (Å²) in [6, 6.07) is 2.06. The first-order valence-electron chi connectivity index (χ1n) is 7.08. The molecule has 1 fully saturated rings. The van der Waals surface area contributed by atoms with Gasteiger partial charge in [-0.25, -0.2) is 0 Å². The van der Waals surface area contributed by atoms with Crippen LogP contribution < -0.4 is 19.9 Å². The maximum Gasteiger partial charge on any atom is 0.231 e. The highest BCUT2D eigenvalue weighted by Gasteiger charge is 2.38. The summed E-state index contributed by atoms with van der Waals surface area (Å²) in [5.41, 5.74) is 7.29. The van der Waals surface area contributed by atoms with Crippen LogP contribution in [-0.2, 0) is 5.41 Å². The number of ether oxygens (including phenoxy) is 3. The Morgan fingerprint density at radius 1 is 1.30 bits per heavy atom. The summed E-state index contributed by atoms with van der Waals surface area (Å²) in [7, 11) is 1.69. The van der Waals surface area contributed by atoms with E-state index in [0.717, 1.165) is 40.1 Å². The molecule has 3 rings (SSSR count). The molecule has 110 valence electrons. The van der Waals surface area contributed by atoms with Crippen molar-refractivity contribution in [2.24, 2.45) is 5.73 Å². The van der Waals surface area contributed by atoms with Gasteiger partial charge in [-0.3, -0.25) is 0 Å². The predicted molar refractivity (Wildman–Crippen MR) is 80.6 cm³/mol. The second kappa shape index (κ2) is 5.45. The van der Waals surface area contributed by atoms with E-state index < -0.39 is 0 Å². The second-order valence-corrected chi connectivity index (χ2v) is 6.34. The van der Waals surface area contributed by atoms with Crippen molar-refractivity contribution in [3.8, 4) is 17.2 Å². The van der Waals surface area contributed by atoms with Gasteiger partial charge >= 0.3 is 0 Å². The molecule has 2 aliphatic rings. The number of hydrogen-bond donors (Lipinski definition) is 1. The van der Waals surface area contributed by atoms with Crippen molar-refractivity contribution in [1.29, 1.82) is 0 Å². The third kappa shape index (κ3) is 2.07. The summed E-state index contributed by atoms with van der Waals surface area (Å²) in [4.78, 5) is 0. The quantitative estimate of drug-likeness (QED) is 0.915. The molecule has 1 aromatic carbocycles. The van der Waals surface area contributed by atoms with E-state index in [-0.39, 0.29) is 12.2 Å². The average molecular weight is 342 g/mol. The van der Waals surface area contributed by atoms with Crippen LogP contribution in [0.2, 0.25) is 0 Å². The number of nitrogens with two attached hydrogens (primary N) is 1. The molecule has 0 bridgehead atoms. The van der Waals surface area contributed by atoms with E-state index in [0.29, 0.717) is 6.54 Å². The number of halogens is 1. The van der Waals surface area contributed by atoms with Crippen LogP contribution in [0.4, 0.5) is 0 Å². The van der Waals surface area contributed by atoms with Crippen molar-refractivity contribution < 1.29 is 14.2 Å². The number of hydrogen-bond acceptors (Lipinski definition) is 4. The van der Waals surface area contributed by atoms with Gasteiger partial charge in [-0.1, -0.05) is 19.3 Å². The summed E-state index contributed by atoms with van der Waals surface area (Å²) in [5.74, 6) is 2.35. The molecule has 0 unspecified atom stereocenters. The normalized spacial score (nSPS) is 19.9. The van der Waals surface area contributed by atoms with Crippen molar-refractivity contribution in [1.82, 2.24) is 0 Å². The highest BCUT2D eigenvalue weighted by Crippen LogP contribution is 2.52. The van der Waals surface area contributed by atoms with Crippen LogP contribution in [0.25, 0.3) is 0 Å². The number of benzene rings is 1. The van der Waals surface area contributed by atoms with Gasteiger partial charge in [-0.15, -0.1) is 0 Å². The van der Waals surface area contributed by atoms with Gasteiger partial charge in [0.1, 0.15) is 10.2 Å². The molecular weight excluding hydrogens is 322 g/mol. The Morgan fingerprint density at radius 3 is 2.70 bits per heavy atom. The molecule has 1 saturated carbocycles. The monoisotopic (exact) mass is 341 g/mol. The SMILES string of the molecule is COc1c(C2(CN)CCCCC2)cc2c(c1Br)OCO2. The van der Waals surface area contributed by atoms with Gasteiger partial charge in [0.2, 0.25) is 6.79 Å². The molecule has 0 saturated heterocycles. The predicted octanol–water partition coefficient (Wildman–Crippen LogP) is 3.35. The molecule has 1 aliphatic carbocycles. The molecular formula is C15H20BrNO3. The summed E-state index contributed by atoms with van der Waals surface area (Å²) in [5, 5.41) is 0. The van der Waals surface area contributed by atoms with E-state index in [2.05, 4.69) is 22.0 Å². The van der Waals surface area contributed by atoms with E-state index in [1.807, 2.05) is 0 Å². The highest BCUT2D eigenvalue weighted by atomic mass is 79.9. The zero-order chi connectivity index (χ0) is 14.2. The highest BCUT2D eigenvalue weighted by molar-refractivity contribution is 9.10. The minimum absolute atomic E-state index is 0.00685. The van der Waals surface area contributed by atoms with Crippen LogP contribution in [0.15, 0.2) is 10.5 Å². The maximum atomic E-state index is 6.15. The molecule has 2 N–H and O–H groups in total. The third-order valence-electron chi connectivity index (χ3n) is 4.54. The second-order valence-electron chi connectivity index (χ2n) is 5.55. The van der Waals surface area contributed by atoms with E-state index in [4.69, 9.17) is 19.9 Å². The van der Waals surface area contributed by atoms with Crippen LogP contribution in [0, 0.1) is 0 Å². The van der Waals surface area contributed by atoms with Crippen LogP contribution in [0.3, 0.4) is 0 Å². The number of rotatable bonds is 3. The Kier molecular flexibility index (Phi) is 3.82. The van der Waals surface area contributed by atoms with Gasteiger partial charge < -0.3 is 19.9 Å². The molecule has 4 nitrogen and oxygen atoms in total. The Morgan fingerprint density at radius 2 is 2.05 bits per heavy atom. The topological polar surface area (TPSA) is 53.7 Å². The van der Waals surface area contributed by atoms with Crippen LogP contribution in [-0.4, -0.2) is 20.4 Å². The van der Waals surface area contributed by atoms with E-state index in [9.17, 15) is 0 Å². The van der Waals surface area contributed by atoms with Crippen molar-refractivity contribution in [3.05, 3.63) is 16.1 Å². The lowest BCUT2D eigenvalue weighted by Crippen LogP contribution is -2.37. The zero-order valence-electron chi connectivity index (χ0n) is 11.7. The Balaban J connectivity index is 2.14. The van der Waals surface area contributed by atoms with Crippen LogP contribution in [0.5, 0.6) is 17.2 Å². The van der Waals surface area contributed by atoms with Crippen molar-refractivity contribution in [3.63, 3.8) is 0 Å². The first kappa shape index (κ1) is 14.0. The molecule has 5 heteroatoms. The van der Waals surface area contributed by atoms with Gasteiger partial charge in [0.15, 0.2) is 11.5 Å². The fourth-order valence-corrected chi connectivity index (χ4v) is 4.08. The molecule has 1 aliphatic heterocycles. The minimum atomic E-state index is -0.00685. The maximum absolute atomic E-state index is 6.15. The van der Waals surface area contributed by atoms with Gasteiger partial charge in [0, 0.05) is 17.5 Å². The molecule has 1 heterocycles. The standard InChI is InChI=1S/C15H20BrNO3/c1-18-13-10(15(8-17)5-3-2-4-6-15)7-11-14(12(13)16)20-9-19-11/h7H,2-6,8-9,17H2,1H3. The lowest BCUT2D eigenvalue weighted by molar-refractivity contribution is 0.173. The molecule has 1 aromatic rings. The van der Waals surface area contributed by atoms with Gasteiger partial charge in [0.25, 0.3) is 0 Å². The molecule has 0 radical (unpaired) electrons. The minimum Gasteiger partial charge on any atom is -0.495 e. The molecule has 0 atom stereocenters. The summed E-state index contributed by atoms with van der Waals surface area (Å²) < 4.78 is 17.5. The summed E-state index contributed by atoms with van der Waals surface area (Å²) >= 11 is 3.59. The molecule has 0 amide bonds. The van der Waals surface area contributed by atoms with Gasteiger partial charge in [-0.05, 0) is 34.8 Å². The fraction of sp³-hybridized carbons (Fsp3) is 0.600. The lowest BCUT2D eigenvalue weighted by atomic mass is 9.69. The summed E-state index contributed by atoms with van der Waals surface area (Å²) in [6.45, 7) is 0.894. The summed E-state index contributed by atoms with van der Waals surface area (Å²) in [6.07, 6.45) is 5.92. The smallest absolute Gasteiger partial charge is 0.231 e. The van der Waals surface area contributed by atoms with Gasteiger partial charge in [0.05, 0.1) is 7.11 Å². The Hall–Kier alpha value is -0.940. The lowest BCUT2D eigenvalue weighted by Gasteiger charge is -2.38. The van der Waals surface area contributed by atoms with E-state index >= 15 is 0 Å². The van der Waals surface area contributed by atoms with E-state index in [1.54, 1.807) is 7.11 Å². The molecule has 0 aromatic heterocycles. The van der Waals surface area contributed by atoms with Gasteiger partial charge in [-0.2, -0.15) is 0 Å². The number of fused-ring (bicyclic) bond motifs is 1. The van der Waals surface area contributed by atoms with E-state index in [1.165, 1.54) is 19.3 Å². The average Bonchev–Trinajstić information content (AvgIpc) is 2.96. The Bertz CT molecular complexity index is 512. The first-order valence-corrected chi connectivity index (χ1v) is 7.88. The number of methoxy groups -OCH3 is 1. The van der Waals surface area contributed by atoms with Crippen molar-refractivity contribution in [2.45, 2.75) is 37.5 Å². The Labute approximate surface area is 127 Å². The fourth-order valence-electron chi connectivity index (χ4n) is 3.39. The van der Waals surface area contributed by atoms with Crippen LogP contribution >= 0.6 is 15.9 Å². The molecule has 0 spiro atoms. The molecule has 20 heavy (non-hydrogen) atoms. The van der Waals surface area contributed by atoms with Crippen molar-refractivity contribution in [2.75, 3.05) is 20.4 Å².